The average molecular weight is 388 g/mol. The summed E-state index contributed by atoms with van der Waals surface area (Å²) in [6.07, 6.45) is -4.28. The molecule has 1 aliphatic carbocycles. The van der Waals surface area contributed by atoms with Gasteiger partial charge in [-0.25, -0.2) is 0 Å². The van der Waals surface area contributed by atoms with E-state index in [-0.39, 0.29) is 23.7 Å². The minimum Gasteiger partial charge on any atom is -0.394 e. The predicted octanol–water partition coefficient (Wildman–Crippen LogP) is -0.494. The summed E-state index contributed by atoms with van der Waals surface area (Å²) in [6, 6.07) is 0. The van der Waals surface area contributed by atoms with Crippen LogP contribution in [0.2, 0.25) is 0 Å². The molecule has 2 aliphatic rings. The smallest absolute Gasteiger partial charge is 0.186 e. The van der Waals surface area contributed by atoms with Crippen LogP contribution in [0.4, 0.5) is 0 Å². The zero-order valence-corrected chi connectivity index (χ0v) is 16.1. The van der Waals surface area contributed by atoms with Crippen molar-refractivity contribution in [1.82, 2.24) is 0 Å². The summed E-state index contributed by atoms with van der Waals surface area (Å²) in [5, 5.41) is 48.8. The maximum absolute atomic E-state index is 11.7. The Morgan fingerprint density at radius 3 is 2.52 bits per heavy atom. The number of ether oxygens (including phenoxy) is 2. The van der Waals surface area contributed by atoms with Crippen LogP contribution >= 0.6 is 0 Å². The first-order chi connectivity index (χ1) is 12.6. The van der Waals surface area contributed by atoms with E-state index < -0.39 is 43.4 Å². The van der Waals surface area contributed by atoms with Crippen molar-refractivity contribution in [2.45, 2.75) is 76.8 Å². The molecule has 0 aromatic heterocycles. The van der Waals surface area contributed by atoms with Crippen LogP contribution in [-0.4, -0.2) is 81.3 Å². The van der Waals surface area contributed by atoms with Gasteiger partial charge in [-0.3, -0.25) is 4.79 Å². The Hall–Kier alpha value is -0.870. The van der Waals surface area contributed by atoms with Gasteiger partial charge in [0.25, 0.3) is 0 Å². The molecule has 2 rings (SSSR count). The number of rotatable bonds is 7. The Bertz CT molecular complexity index is 544. The molecule has 0 aromatic rings. The van der Waals surface area contributed by atoms with Gasteiger partial charge < -0.3 is 35.0 Å². The first-order valence-corrected chi connectivity index (χ1v) is 9.38. The van der Waals surface area contributed by atoms with Crippen LogP contribution < -0.4 is 0 Å². The van der Waals surface area contributed by atoms with Crippen molar-refractivity contribution in [2.24, 2.45) is 11.3 Å². The fourth-order valence-electron chi connectivity index (χ4n) is 4.07. The van der Waals surface area contributed by atoms with Crippen molar-refractivity contribution >= 4 is 5.78 Å². The van der Waals surface area contributed by atoms with Gasteiger partial charge in [-0.2, -0.15) is 0 Å². The molecule has 1 fully saturated rings. The molecule has 0 radical (unpaired) electrons. The minimum absolute atomic E-state index is 0.125. The lowest BCUT2D eigenvalue weighted by Crippen LogP contribution is -2.59. The third kappa shape index (κ3) is 5.35. The predicted molar refractivity (Wildman–Crippen MR) is 95.6 cm³/mol. The third-order valence-electron chi connectivity index (χ3n) is 5.60. The second-order valence-electron chi connectivity index (χ2n) is 8.33. The standard InChI is InChI=1S/C19H32O8/c1-10-6-12(22)7-19(2,3)13(10)5-4-11(21)9-26-18-17(25)16(24)15(23)14(8-20)27-18/h6,11,13-18,20-21,23-25H,4-5,7-9H2,1-3H3/t11-,13-,14+,15+,16-,17+,18+/m0/s1. The molecule has 0 spiro atoms. The molecule has 0 unspecified atom stereocenters. The van der Waals surface area contributed by atoms with E-state index in [0.717, 1.165) is 5.57 Å². The maximum atomic E-state index is 11.7. The number of ketones is 1. The summed E-state index contributed by atoms with van der Waals surface area (Å²) in [4.78, 5) is 11.7. The highest BCUT2D eigenvalue weighted by atomic mass is 16.7. The summed E-state index contributed by atoms with van der Waals surface area (Å²) in [7, 11) is 0. The van der Waals surface area contributed by atoms with Crippen molar-refractivity contribution < 1.29 is 39.8 Å². The van der Waals surface area contributed by atoms with Crippen molar-refractivity contribution in [3.8, 4) is 0 Å². The topological polar surface area (TPSA) is 137 Å². The maximum Gasteiger partial charge on any atom is 0.186 e. The molecule has 7 atom stereocenters. The highest BCUT2D eigenvalue weighted by Gasteiger charge is 2.44. The summed E-state index contributed by atoms with van der Waals surface area (Å²) < 4.78 is 10.6. The Balaban J connectivity index is 1.85. The van der Waals surface area contributed by atoms with Crippen LogP contribution in [0, 0.1) is 11.3 Å². The Morgan fingerprint density at radius 1 is 1.26 bits per heavy atom. The Kier molecular flexibility index (Phi) is 7.54. The SMILES string of the molecule is CC1=CC(=O)CC(C)(C)[C@H]1CC[C@H](O)CO[C@@H]1O[C@H](CO)[C@@H](O)[C@H](O)[C@H]1O. The van der Waals surface area contributed by atoms with E-state index in [1.807, 2.05) is 20.8 Å². The fraction of sp³-hybridized carbons (Fsp3) is 0.842. The molecule has 0 aromatic carbocycles. The zero-order valence-electron chi connectivity index (χ0n) is 16.1. The second-order valence-corrected chi connectivity index (χ2v) is 8.33. The number of allylic oxidation sites excluding steroid dienone is 2. The van der Waals surface area contributed by atoms with Gasteiger partial charge in [0.1, 0.15) is 24.4 Å². The van der Waals surface area contributed by atoms with Gasteiger partial charge in [0.15, 0.2) is 12.1 Å². The first-order valence-electron chi connectivity index (χ1n) is 9.38. The van der Waals surface area contributed by atoms with E-state index in [0.29, 0.717) is 19.3 Å². The van der Waals surface area contributed by atoms with E-state index in [1.165, 1.54) is 0 Å². The van der Waals surface area contributed by atoms with Gasteiger partial charge >= 0.3 is 0 Å². The largest absolute Gasteiger partial charge is 0.394 e. The fourth-order valence-corrected chi connectivity index (χ4v) is 4.07. The molecular formula is C19H32O8. The van der Waals surface area contributed by atoms with Crippen molar-refractivity contribution in [3.63, 3.8) is 0 Å². The van der Waals surface area contributed by atoms with Crippen molar-refractivity contribution in [1.29, 1.82) is 0 Å². The van der Waals surface area contributed by atoms with Gasteiger partial charge in [0, 0.05) is 6.42 Å². The number of aliphatic hydroxyl groups is 5. The lowest BCUT2D eigenvalue weighted by Gasteiger charge is -2.40. The molecule has 0 saturated carbocycles. The summed E-state index contributed by atoms with van der Waals surface area (Å²) in [6.45, 7) is 5.36. The molecule has 5 N–H and O–H groups in total. The molecule has 1 saturated heterocycles. The monoisotopic (exact) mass is 388 g/mol. The second kappa shape index (κ2) is 9.09. The lowest BCUT2D eigenvalue weighted by molar-refractivity contribution is -0.304. The number of hydrogen-bond donors (Lipinski definition) is 5. The van der Waals surface area contributed by atoms with Crippen LogP contribution in [0.1, 0.15) is 40.0 Å². The highest BCUT2D eigenvalue weighted by Crippen LogP contribution is 2.42. The average Bonchev–Trinajstić information content (AvgIpc) is 2.57. The van der Waals surface area contributed by atoms with Gasteiger partial charge in [-0.15, -0.1) is 0 Å². The van der Waals surface area contributed by atoms with E-state index in [2.05, 4.69) is 0 Å². The molecule has 8 nitrogen and oxygen atoms in total. The number of carbonyl (C=O) groups is 1. The number of carbonyl (C=O) groups excluding carboxylic acids is 1. The van der Waals surface area contributed by atoms with Crippen molar-refractivity contribution in [3.05, 3.63) is 11.6 Å². The van der Waals surface area contributed by atoms with Gasteiger partial charge in [0.2, 0.25) is 0 Å². The van der Waals surface area contributed by atoms with Gasteiger partial charge in [-0.05, 0) is 37.2 Å². The molecule has 156 valence electrons. The normalized spacial score (nSPS) is 37.8. The molecule has 27 heavy (non-hydrogen) atoms. The van der Waals surface area contributed by atoms with E-state index in [1.54, 1.807) is 6.08 Å². The van der Waals surface area contributed by atoms with E-state index in [9.17, 15) is 25.2 Å². The van der Waals surface area contributed by atoms with E-state index in [4.69, 9.17) is 14.6 Å². The van der Waals surface area contributed by atoms with Crippen molar-refractivity contribution in [2.75, 3.05) is 13.2 Å². The van der Waals surface area contributed by atoms with Crippen LogP contribution in [0.15, 0.2) is 11.6 Å². The molecule has 0 bridgehead atoms. The summed E-state index contributed by atoms with van der Waals surface area (Å²) >= 11 is 0. The number of hydrogen-bond acceptors (Lipinski definition) is 8. The third-order valence-corrected chi connectivity index (χ3v) is 5.60. The first kappa shape index (κ1) is 22.4. The molecule has 1 heterocycles. The van der Waals surface area contributed by atoms with Crippen LogP contribution in [-0.2, 0) is 14.3 Å². The zero-order chi connectivity index (χ0) is 20.4. The quantitative estimate of drug-likeness (QED) is 0.394. The van der Waals surface area contributed by atoms with Crippen LogP contribution in [0.5, 0.6) is 0 Å². The summed E-state index contributed by atoms with van der Waals surface area (Å²) in [5.74, 6) is 0.303. The molecule has 1 aliphatic heterocycles. The van der Waals surface area contributed by atoms with E-state index >= 15 is 0 Å². The van der Waals surface area contributed by atoms with Gasteiger partial charge in [0.05, 0.1) is 19.3 Å². The Labute approximate surface area is 159 Å². The molecule has 0 amide bonds. The minimum atomic E-state index is -1.51. The Morgan fingerprint density at radius 2 is 1.93 bits per heavy atom. The highest BCUT2D eigenvalue weighted by molar-refractivity contribution is 5.91. The lowest BCUT2D eigenvalue weighted by atomic mass is 9.66. The van der Waals surface area contributed by atoms with Crippen LogP contribution in [0.25, 0.3) is 0 Å². The van der Waals surface area contributed by atoms with Gasteiger partial charge in [-0.1, -0.05) is 19.4 Å². The summed E-state index contributed by atoms with van der Waals surface area (Å²) in [5.41, 5.74) is 0.839. The number of aliphatic hydroxyl groups excluding tert-OH is 5. The van der Waals surface area contributed by atoms with Crippen LogP contribution in [0.3, 0.4) is 0 Å². The molecular weight excluding hydrogens is 356 g/mol. The molecule has 8 heteroatoms.